The Labute approximate surface area is 240 Å². The molecule has 0 bridgehead atoms. The molecule has 0 unspecified atom stereocenters. The molecule has 1 aromatic heterocycles. The zero-order valence-corrected chi connectivity index (χ0v) is 23.0. The van der Waals surface area contributed by atoms with Crippen molar-refractivity contribution in [2.75, 3.05) is 20.1 Å². The van der Waals surface area contributed by atoms with Gasteiger partial charge in [-0.15, -0.1) is 0 Å². The van der Waals surface area contributed by atoms with E-state index in [-0.39, 0.29) is 36.0 Å². The molecular weight excluding hydrogens is 543 g/mol. The molecule has 0 saturated carbocycles. The lowest BCUT2D eigenvalue weighted by molar-refractivity contribution is -0.134. The molecule has 0 spiro atoms. The average molecular weight is 575 g/mol. The van der Waals surface area contributed by atoms with E-state index >= 15 is 0 Å². The molecule has 218 valence electrons. The van der Waals surface area contributed by atoms with Crippen LogP contribution in [-0.2, 0) is 27.3 Å². The van der Waals surface area contributed by atoms with Gasteiger partial charge in [-0.25, -0.2) is 18.8 Å². The summed E-state index contributed by atoms with van der Waals surface area (Å²) in [5.74, 6) is -2.86. The van der Waals surface area contributed by atoms with Gasteiger partial charge in [0, 0.05) is 49.8 Å². The van der Waals surface area contributed by atoms with Gasteiger partial charge < -0.3 is 15.5 Å². The van der Waals surface area contributed by atoms with E-state index in [1.54, 1.807) is 17.7 Å². The molecule has 3 N–H and O–H groups in total. The maximum Gasteiger partial charge on any atom is 0.329 e. The Morgan fingerprint density at radius 2 is 1.62 bits per heavy atom. The number of halogens is 1. The van der Waals surface area contributed by atoms with E-state index in [1.165, 1.54) is 11.1 Å². The zero-order valence-electron chi connectivity index (χ0n) is 23.0. The number of nitrogens with one attached hydrogen (secondary N) is 1. The first-order valence-electron chi connectivity index (χ1n) is 13.7. The summed E-state index contributed by atoms with van der Waals surface area (Å²) in [7, 11) is 1.58. The van der Waals surface area contributed by atoms with Gasteiger partial charge in [0.2, 0.25) is 5.91 Å². The number of amides is 1. The molecule has 2 aliphatic rings. The van der Waals surface area contributed by atoms with Crippen molar-refractivity contribution >= 4 is 39.7 Å². The van der Waals surface area contributed by atoms with E-state index in [0.717, 1.165) is 48.8 Å². The van der Waals surface area contributed by atoms with E-state index < -0.39 is 11.9 Å². The predicted octanol–water partition coefficient (Wildman–Crippen LogP) is 3.49. The number of carbonyl (C=O) groups excluding carboxylic acids is 1. The minimum Gasteiger partial charge on any atom is -0.478 e. The van der Waals surface area contributed by atoms with Gasteiger partial charge in [-0.3, -0.25) is 18.8 Å². The number of carboxylic acids is 2. The van der Waals surface area contributed by atoms with Gasteiger partial charge in [-0.2, -0.15) is 0 Å². The number of hydrogen-bond acceptors (Lipinski definition) is 5. The van der Waals surface area contributed by atoms with Crippen molar-refractivity contribution in [1.29, 1.82) is 0 Å². The smallest absolute Gasteiger partial charge is 0.329 e. The molecule has 6 rings (SSSR count). The van der Waals surface area contributed by atoms with Crippen LogP contribution in [0.15, 0.2) is 71.5 Å². The van der Waals surface area contributed by atoms with Crippen LogP contribution in [0.4, 0.5) is 4.39 Å². The number of carboxylic acid groups (broad SMARTS) is 2. The second-order valence-electron chi connectivity index (χ2n) is 10.4. The number of aromatic nitrogens is 2. The van der Waals surface area contributed by atoms with Gasteiger partial charge in [0.15, 0.2) is 0 Å². The number of likely N-dealkylation sites (tertiary alicyclic amines) is 1. The Morgan fingerprint density at radius 1 is 0.952 bits per heavy atom. The molecule has 2 heterocycles. The molecule has 1 atom stereocenters. The van der Waals surface area contributed by atoms with Crippen LogP contribution in [0.25, 0.3) is 21.8 Å². The molecule has 1 aliphatic heterocycles. The maximum absolute atomic E-state index is 14.4. The first kappa shape index (κ1) is 28.7. The van der Waals surface area contributed by atoms with Crippen LogP contribution >= 0.6 is 0 Å². The van der Waals surface area contributed by atoms with Crippen molar-refractivity contribution in [2.45, 2.75) is 37.9 Å². The predicted molar refractivity (Wildman–Crippen MR) is 155 cm³/mol. The normalized spacial score (nSPS) is 17.0. The van der Waals surface area contributed by atoms with Crippen LogP contribution in [0, 0.1) is 5.82 Å². The van der Waals surface area contributed by atoms with Crippen molar-refractivity contribution in [2.24, 2.45) is 0 Å². The van der Waals surface area contributed by atoms with Crippen molar-refractivity contribution in [3.63, 3.8) is 0 Å². The quantitative estimate of drug-likeness (QED) is 0.300. The minimum absolute atomic E-state index is 0.0165. The number of para-hydroxylation sites is 2. The Kier molecular flexibility index (Phi) is 8.21. The standard InChI is InChI=1S/C27H27FN4O2.C4H4O4/c1-29-25(33)16-31-22-7-2-3-8-23(22)32(27(31)34)18-11-13-30(14-12-18)24-15-17-9-10-21(28)19-5-4-6-20(24)26(17)19;5-3(6)1-2-4(7)8/h2-10,18,24H,11-16H2,1H3,(H,29,33);1-2H,(H,5,6)(H,7,8)/t24-;/m1./s1. The molecule has 42 heavy (non-hydrogen) atoms. The zero-order chi connectivity index (χ0) is 30.0. The summed E-state index contributed by atoms with van der Waals surface area (Å²) in [6.07, 6.45) is 3.72. The summed E-state index contributed by atoms with van der Waals surface area (Å²) in [4.78, 5) is 47.0. The largest absolute Gasteiger partial charge is 0.478 e. The number of carbonyl (C=O) groups is 3. The Bertz CT molecular complexity index is 1750. The van der Waals surface area contributed by atoms with Crippen molar-refractivity contribution in [3.05, 3.63) is 94.2 Å². The fourth-order valence-corrected chi connectivity index (χ4v) is 6.13. The number of hydrogen-bond donors (Lipinski definition) is 3. The van der Waals surface area contributed by atoms with Crippen LogP contribution in [0.3, 0.4) is 0 Å². The van der Waals surface area contributed by atoms with Crippen LogP contribution in [0.5, 0.6) is 0 Å². The van der Waals surface area contributed by atoms with Gasteiger partial charge in [-0.05, 0) is 54.0 Å². The Balaban J connectivity index is 0.000000390. The third-order valence-corrected chi connectivity index (χ3v) is 8.00. The fourth-order valence-electron chi connectivity index (χ4n) is 6.13. The first-order chi connectivity index (χ1) is 20.2. The van der Waals surface area contributed by atoms with E-state index in [4.69, 9.17) is 10.2 Å². The molecular formula is C31H31FN4O6. The number of imidazole rings is 1. The van der Waals surface area contributed by atoms with Gasteiger partial charge in [0.25, 0.3) is 0 Å². The highest BCUT2D eigenvalue weighted by atomic mass is 19.1. The summed E-state index contributed by atoms with van der Waals surface area (Å²) in [5, 5.41) is 20.0. The van der Waals surface area contributed by atoms with Crippen molar-refractivity contribution in [3.8, 4) is 0 Å². The third-order valence-electron chi connectivity index (χ3n) is 8.00. The monoisotopic (exact) mass is 574 g/mol. The van der Waals surface area contributed by atoms with Gasteiger partial charge in [0.05, 0.1) is 11.0 Å². The van der Waals surface area contributed by atoms with Crippen LogP contribution in [-0.4, -0.2) is 62.2 Å². The van der Waals surface area contributed by atoms with E-state index in [2.05, 4.69) is 16.3 Å². The number of piperidine rings is 1. The number of benzene rings is 3. The molecule has 1 aliphatic carbocycles. The van der Waals surface area contributed by atoms with Gasteiger partial charge >= 0.3 is 17.6 Å². The lowest BCUT2D eigenvalue weighted by Gasteiger charge is -2.36. The fraction of sp³-hybridized carbons (Fsp3) is 0.290. The number of nitrogens with zero attached hydrogens (tertiary/aromatic N) is 3. The summed E-state index contributed by atoms with van der Waals surface area (Å²) in [6.45, 7) is 1.75. The average Bonchev–Trinajstić information content (AvgIpc) is 3.50. The van der Waals surface area contributed by atoms with Crippen LogP contribution in [0.1, 0.15) is 36.1 Å². The second-order valence-corrected chi connectivity index (χ2v) is 10.4. The molecule has 0 radical (unpaired) electrons. The number of rotatable bonds is 6. The number of likely N-dealkylation sites (N-methyl/N-ethyl adjacent to an activating group) is 1. The maximum atomic E-state index is 14.4. The SMILES string of the molecule is CNC(=O)Cn1c(=O)n(C2CCN([C@@H]3Cc4ccc(F)c5cccc3c45)CC2)c2ccccc21.O=C(O)C=CC(=O)O. The second kappa shape index (κ2) is 12.0. The lowest BCUT2D eigenvalue weighted by atomic mass is 9.99. The summed E-state index contributed by atoms with van der Waals surface area (Å²) in [5.41, 5.74) is 3.97. The summed E-state index contributed by atoms with van der Waals surface area (Å²) >= 11 is 0. The highest BCUT2D eigenvalue weighted by Gasteiger charge is 2.33. The molecule has 10 nitrogen and oxygen atoms in total. The molecule has 1 saturated heterocycles. The highest BCUT2D eigenvalue weighted by molar-refractivity contribution is 5.92. The van der Waals surface area contributed by atoms with Crippen molar-refractivity contribution < 1.29 is 29.0 Å². The minimum atomic E-state index is -1.26. The first-order valence-corrected chi connectivity index (χ1v) is 13.7. The summed E-state index contributed by atoms with van der Waals surface area (Å²) < 4.78 is 17.8. The third kappa shape index (κ3) is 5.55. The Hall–Kier alpha value is -4.77. The highest BCUT2D eigenvalue weighted by Crippen LogP contribution is 2.42. The van der Waals surface area contributed by atoms with E-state index in [9.17, 15) is 23.6 Å². The van der Waals surface area contributed by atoms with E-state index in [1.807, 2.05) is 47.0 Å². The molecule has 3 aromatic carbocycles. The van der Waals surface area contributed by atoms with Crippen LogP contribution < -0.4 is 11.0 Å². The molecule has 1 fully saturated rings. The topological polar surface area (TPSA) is 134 Å². The number of aliphatic carboxylic acids is 2. The van der Waals surface area contributed by atoms with Gasteiger partial charge in [-0.1, -0.05) is 36.4 Å². The van der Waals surface area contributed by atoms with Crippen molar-refractivity contribution in [1.82, 2.24) is 19.4 Å². The van der Waals surface area contributed by atoms with E-state index in [0.29, 0.717) is 17.5 Å². The Morgan fingerprint density at radius 3 is 2.26 bits per heavy atom. The lowest BCUT2D eigenvalue weighted by Crippen LogP contribution is -2.40. The molecule has 1 amide bonds. The van der Waals surface area contributed by atoms with Gasteiger partial charge in [0.1, 0.15) is 12.4 Å². The molecule has 11 heteroatoms. The van der Waals surface area contributed by atoms with Crippen LogP contribution in [0.2, 0.25) is 0 Å². The molecule has 4 aromatic rings. The number of fused-ring (bicyclic) bond motifs is 1. The summed E-state index contributed by atoms with van der Waals surface area (Å²) in [6, 6.07) is 17.5.